The lowest BCUT2D eigenvalue weighted by molar-refractivity contribution is 0.200. The monoisotopic (exact) mass is 322 g/mol. The number of hydrogen-bond donors (Lipinski definition) is 1. The van der Waals surface area contributed by atoms with Crippen molar-refractivity contribution in [3.05, 3.63) is 28.7 Å². The molecule has 0 aromatic heterocycles. The van der Waals surface area contributed by atoms with Crippen molar-refractivity contribution in [1.82, 2.24) is 5.32 Å². The molecule has 2 nitrogen and oxygen atoms in total. The van der Waals surface area contributed by atoms with Crippen LogP contribution in [0.5, 0.6) is 0 Å². The molecule has 1 saturated carbocycles. The second-order valence-electron chi connectivity index (χ2n) is 6.18. The molecule has 3 rings (SSSR count). The standard InChI is InChI=1S/C16H23BrN2/c1-13-11-18-16(8-3-2-4-9-16)12-19(13)15-7-5-6-14(17)10-15/h5-7,10,13,18H,2-4,8-9,11-12H2,1H3. The largest absolute Gasteiger partial charge is 0.366 e. The number of halogens is 1. The zero-order valence-electron chi connectivity index (χ0n) is 11.7. The van der Waals surface area contributed by atoms with E-state index in [9.17, 15) is 0 Å². The maximum absolute atomic E-state index is 3.85. The minimum Gasteiger partial charge on any atom is -0.366 e. The zero-order valence-corrected chi connectivity index (χ0v) is 13.2. The fourth-order valence-electron chi connectivity index (χ4n) is 3.58. The molecule has 1 N–H and O–H groups in total. The quantitative estimate of drug-likeness (QED) is 0.842. The number of hydrogen-bond acceptors (Lipinski definition) is 2. The van der Waals surface area contributed by atoms with E-state index in [1.165, 1.54) is 42.3 Å². The number of nitrogens with one attached hydrogen (secondary N) is 1. The fourth-order valence-corrected chi connectivity index (χ4v) is 3.96. The van der Waals surface area contributed by atoms with Gasteiger partial charge in [-0.1, -0.05) is 41.3 Å². The third kappa shape index (κ3) is 2.82. The van der Waals surface area contributed by atoms with Crippen LogP contribution in [0.1, 0.15) is 39.0 Å². The molecule has 0 radical (unpaired) electrons. The molecule has 1 unspecified atom stereocenters. The van der Waals surface area contributed by atoms with Crippen LogP contribution in [0.25, 0.3) is 0 Å². The fraction of sp³-hybridized carbons (Fsp3) is 0.625. The summed E-state index contributed by atoms with van der Waals surface area (Å²) < 4.78 is 1.17. The molecule has 1 aromatic rings. The summed E-state index contributed by atoms with van der Waals surface area (Å²) in [5.74, 6) is 0. The van der Waals surface area contributed by atoms with E-state index in [1.807, 2.05) is 0 Å². The molecule has 1 aromatic carbocycles. The number of benzene rings is 1. The minimum absolute atomic E-state index is 0.368. The summed E-state index contributed by atoms with van der Waals surface area (Å²) in [6.45, 7) is 4.58. The van der Waals surface area contributed by atoms with Gasteiger partial charge in [-0.05, 0) is 38.0 Å². The van der Waals surface area contributed by atoms with Crippen LogP contribution in [-0.2, 0) is 0 Å². The highest BCUT2D eigenvalue weighted by Gasteiger charge is 2.38. The molecule has 1 atom stereocenters. The molecule has 2 aliphatic rings. The molecule has 0 bridgehead atoms. The summed E-state index contributed by atoms with van der Waals surface area (Å²) in [6, 6.07) is 9.30. The molecule has 19 heavy (non-hydrogen) atoms. The molecule has 2 fully saturated rings. The van der Waals surface area contributed by atoms with E-state index in [-0.39, 0.29) is 0 Å². The Labute approximate surface area is 124 Å². The SMILES string of the molecule is CC1CNC2(CCCCC2)CN1c1cccc(Br)c1. The van der Waals surface area contributed by atoms with E-state index in [0.29, 0.717) is 11.6 Å². The zero-order chi connectivity index (χ0) is 13.3. The van der Waals surface area contributed by atoms with Crippen molar-refractivity contribution in [2.75, 3.05) is 18.0 Å². The van der Waals surface area contributed by atoms with Crippen molar-refractivity contribution >= 4 is 21.6 Å². The average Bonchev–Trinajstić information content (AvgIpc) is 2.43. The van der Waals surface area contributed by atoms with Gasteiger partial charge in [0.2, 0.25) is 0 Å². The lowest BCUT2D eigenvalue weighted by Crippen LogP contribution is -2.64. The van der Waals surface area contributed by atoms with Crippen LogP contribution in [0.4, 0.5) is 5.69 Å². The van der Waals surface area contributed by atoms with Gasteiger partial charge in [-0.2, -0.15) is 0 Å². The maximum Gasteiger partial charge on any atom is 0.0387 e. The molecule has 1 aliphatic heterocycles. The Morgan fingerprint density at radius 2 is 2.05 bits per heavy atom. The van der Waals surface area contributed by atoms with Gasteiger partial charge in [0.15, 0.2) is 0 Å². The summed E-state index contributed by atoms with van der Waals surface area (Å²) >= 11 is 3.59. The van der Waals surface area contributed by atoms with E-state index in [2.05, 4.69) is 57.3 Å². The van der Waals surface area contributed by atoms with Gasteiger partial charge < -0.3 is 10.2 Å². The van der Waals surface area contributed by atoms with Gasteiger partial charge >= 0.3 is 0 Å². The van der Waals surface area contributed by atoms with E-state index in [4.69, 9.17) is 0 Å². The summed E-state index contributed by atoms with van der Waals surface area (Å²) in [5.41, 5.74) is 1.72. The first-order chi connectivity index (χ1) is 9.19. The highest BCUT2D eigenvalue weighted by Crippen LogP contribution is 2.34. The van der Waals surface area contributed by atoms with Crippen LogP contribution >= 0.6 is 15.9 Å². The smallest absolute Gasteiger partial charge is 0.0387 e. The van der Waals surface area contributed by atoms with Crippen molar-refractivity contribution in [2.24, 2.45) is 0 Å². The second kappa shape index (κ2) is 5.45. The van der Waals surface area contributed by atoms with Gasteiger partial charge in [0.05, 0.1) is 0 Å². The summed E-state index contributed by atoms with van der Waals surface area (Å²) in [4.78, 5) is 2.59. The summed E-state index contributed by atoms with van der Waals surface area (Å²) in [7, 11) is 0. The normalized spacial score (nSPS) is 26.6. The first-order valence-corrected chi connectivity index (χ1v) is 8.25. The van der Waals surface area contributed by atoms with Gasteiger partial charge in [0.25, 0.3) is 0 Å². The Morgan fingerprint density at radius 3 is 2.79 bits per heavy atom. The second-order valence-corrected chi connectivity index (χ2v) is 7.09. The van der Waals surface area contributed by atoms with E-state index in [0.717, 1.165) is 13.1 Å². The molecular formula is C16H23BrN2. The van der Waals surface area contributed by atoms with Crippen LogP contribution in [0.15, 0.2) is 28.7 Å². The van der Waals surface area contributed by atoms with Crippen molar-refractivity contribution in [1.29, 1.82) is 0 Å². The molecule has 1 saturated heterocycles. The topological polar surface area (TPSA) is 15.3 Å². The summed E-state index contributed by atoms with van der Waals surface area (Å²) in [5, 5.41) is 3.85. The van der Waals surface area contributed by atoms with Crippen LogP contribution in [-0.4, -0.2) is 24.7 Å². The molecule has 1 aliphatic carbocycles. The van der Waals surface area contributed by atoms with Crippen molar-refractivity contribution in [3.8, 4) is 0 Å². The Kier molecular flexibility index (Phi) is 3.86. The van der Waals surface area contributed by atoms with Crippen molar-refractivity contribution < 1.29 is 0 Å². The first-order valence-electron chi connectivity index (χ1n) is 7.46. The summed E-state index contributed by atoms with van der Waals surface area (Å²) in [6.07, 6.45) is 6.85. The highest BCUT2D eigenvalue weighted by atomic mass is 79.9. The molecule has 104 valence electrons. The molecule has 3 heteroatoms. The predicted molar refractivity (Wildman–Crippen MR) is 84.8 cm³/mol. The minimum atomic E-state index is 0.368. The maximum atomic E-state index is 3.85. The van der Waals surface area contributed by atoms with Crippen molar-refractivity contribution in [3.63, 3.8) is 0 Å². The number of nitrogens with zero attached hydrogens (tertiary/aromatic N) is 1. The Balaban J connectivity index is 1.83. The first kappa shape index (κ1) is 13.4. The van der Waals surface area contributed by atoms with Crippen LogP contribution in [0.3, 0.4) is 0 Å². The lowest BCUT2D eigenvalue weighted by atomic mass is 9.79. The van der Waals surface area contributed by atoms with E-state index in [1.54, 1.807) is 0 Å². The van der Waals surface area contributed by atoms with Crippen LogP contribution < -0.4 is 10.2 Å². The van der Waals surface area contributed by atoms with E-state index >= 15 is 0 Å². The van der Waals surface area contributed by atoms with E-state index < -0.39 is 0 Å². The third-order valence-electron chi connectivity index (χ3n) is 4.73. The molecule has 1 heterocycles. The van der Waals surface area contributed by atoms with Crippen LogP contribution in [0.2, 0.25) is 0 Å². The Morgan fingerprint density at radius 1 is 1.26 bits per heavy atom. The predicted octanol–water partition coefficient (Wildman–Crippen LogP) is 3.95. The number of piperazine rings is 1. The van der Waals surface area contributed by atoms with Gasteiger partial charge in [0.1, 0.15) is 0 Å². The molecule has 1 spiro atoms. The van der Waals surface area contributed by atoms with Gasteiger partial charge in [-0.15, -0.1) is 0 Å². The lowest BCUT2D eigenvalue weighted by Gasteiger charge is -2.50. The Bertz CT molecular complexity index is 440. The van der Waals surface area contributed by atoms with Gasteiger partial charge in [0, 0.05) is 34.8 Å². The van der Waals surface area contributed by atoms with Crippen molar-refractivity contribution in [2.45, 2.75) is 50.6 Å². The average molecular weight is 323 g/mol. The Hall–Kier alpha value is -0.540. The molecular weight excluding hydrogens is 300 g/mol. The number of rotatable bonds is 1. The van der Waals surface area contributed by atoms with Crippen LogP contribution in [0, 0.1) is 0 Å². The third-order valence-corrected chi connectivity index (χ3v) is 5.22. The van der Waals surface area contributed by atoms with Gasteiger partial charge in [-0.25, -0.2) is 0 Å². The molecule has 0 amide bonds. The number of anilines is 1. The van der Waals surface area contributed by atoms with Gasteiger partial charge in [-0.3, -0.25) is 0 Å². The highest BCUT2D eigenvalue weighted by molar-refractivity contribution is 9.10.